The van der Waals surface area contributed by atoms with Crippen LogP contribution >= 0.6 is 0 Å². The molecule has 0 bridgehead atoms. The van der Waals surface area contributed by atoms with Gasteiger partial charge in [0.05, 0.1) is 11.9 Å². The van der Waals surface area contributed by atoms with Gasteiger partial charge < -0.3 is 21.1 Å². The Balaban J connectivity index is 1.45. The van der Waals surface area contributed by atoms with Crippen molar-refractivity contribution in [3.05, 3.63) is 71.7 Å². The topological polar surface area (TPSA) is 88.3 Å². The number of benzene rings is 1. The molecule has 0 aliphatic carbocycles. The van der Waals surface area contributed by atoms with Gasteiger partial charge in [-0.25, -0.2) is 4.98 Å². The Hall–Kier alpha value is -3.00. The van der Waals surface area contributed by atoms with Crippen molar-refractivity contribution in [1.29, 1.82) is 0 Å². The number of pyridine rings is 2. The number of nitrogens with two attached hydrogens (primary N) is 1. The molecule has 0 saturated carbocycles. The molecule has 1 saturated heterocycles. The van der Waals surface area contributed by atoms with E-state index in [1.54, 1.807) is 6.20 Å². The molecule has 156 valence electrons. The lowest BCUT2D eigenvalue weighted by molar-refractivity contribution is 0.157. The molecule has 3 heterocycles. The van der Waals surface area contributed by atoms with E-state index < -0.39 is 0 Å². The van der Waals surface area contributed by atoms with Gasteiger partial charge in [-0.2, -0.15) is 0 Å². The van der Waals surface area contributed by atoms with Crippen LogP contribution in [0.2, 0.25) is 0 Å². The SMILES string of the molecule is Cc1ccc(Oc2ccnc(Nc3cccc(CN4CCNCC4N)c3)c2)c(C)n1. The second-order valence-corrected chi connectivity index (χ2v) is 7.58. The van der Waals surface area contributed by atoms with Gasteiger partial charge in [-0.1, -0.05) is 12.1 Å². The number of ether oxygens (including phenoxy) is 1. The second-order valence-electron chi connectivity index (χ2n) is 7.58. The predicted octanol–water partition coefficient (Wildman–Crippen LogP) is 3.32. The Labute approximate surface area is 177 Å². The molecule has 2 aromatic heterocycles. The summed E-state index contributed by atoms with van der Waals surface area (Å²) in [5.41, 5.74) is 10.2. The number of anilines is 2. The van der Waals surface area contributed by atoms with E-state index >= 15 is 0 Å². The molecule has 1 aliphatic heterocycles. The molecular weight excluding hydrogens is 376 g/mol. The van der Waals surface area contributed by atoms with Crippen LogP contribution in [0, 0.1) is 13.8 Å². The Kier molecular flexibility index (Phi) is 6.23. The number of hydrogen-bond acceptors (Lipinski definition) is 7. The van der Waals surface area contributed by atoms with E-state index in [0.717, 1.165) is 54.8 Å². The largest absolute Gasteiger partial charge is 0.455 e. The van der Waals surface area contributed by atoms with Crippen LogP contribution in [0.25, 0.3) is 0 Å². The first-order valence-corrected chi connectivity index (χ1v) is 10.2. The number of nitrogens with one attached hydrogen (secondary N) is 2. The molecule has 1 aromatic carbocycles. The molecular formula is C23H28N6O. The smallest absolute Gasteiger partial charge is 0.148 e. The molecule has 1 aliphatic rings. The maximum atomic E-state index is 6.21. The number of aromatic nitrogens is 2. The Morgan fingerprint density at radius 3 is 2.93 bits per heavy atom. The molecule has 30 heavy (non-hydrogen) atoms. The van der Waals surface area contributed by atoms with Crippen LogP contribution < -0.4 is 21.1 Å². The van der Waals surface area contributed by atoms with Crippen molar-refractivity contribution in [3.8, 4) is 11.5 Å². The summed E-state index contributed by atoms with van der Waals surface area (Å²) in [5, 5.41) is 6.69. The third kappa shape index (κ3) is 5.13. The van der Waals surface area contributed by atoms with Gasteiger partial charge in [0.25, 0.3) is 0 Å². The van der Waals surface area contributed by atoms with E-state index in [9.17, 15) is 0 Å². The van der Waals surface area contributed by atoms with E-state index in [1.807, 2.05) is 50.2 Å². The fourth-order valence-corrected chi connectivity index (χ4v) is 3.55. The van der Waals surface area contributed by atoms with E-state index in [4.69, 9.17) is 10.5 Å². The average molecular weight is 405 g/mol. The Bertz CT molecular complexity index is 1010. The molecule has 4 rings (SSSR count). The third-order valence-corrected chi connectivity index (χ3v) is 5.12. The fraction of sp³-hybridized carbons (Fsp3) is 0.304. The number of hydrogen-bond donors (Lipinski definition) is 3. The van der Waals surface area contributed by atoms with Crippen molar-refractivity contribution in [2.45, 2.75) is 26.6 Å². The molecule has 7 nitrogen and oxygen atoms in total. The number of piperazine rings is 1. The van der Waals surface area contributed by atoms with E-state index in [1.165, 1.54) is 5.56 Å². The zero-order valence-electron chi connectivity index (χ0n) is 17.4. The van der Waals surface area contributed by atoms with Gasteiger partial charge in [0.15, 0.2) is 0 Å². The molecule has 0 radical (unpaired) electrons. The summed E-state index contributed by atoms with van der Waals surface area (Å²) in [7, 11) is 0. The highest BCUT2D eigenvalue weighted by Gasteiger charge is 2.18. The molecule has 1 unspecified atom stereocenters. The maximum Gasteiger partial charge on any atom is 0.148 e. The lowest BCUT2D eigenvalue weighted by Gasteiger charge is -2.33. The molecule has 1 atom stereocenters. The minimum Gasteiger partial charge on any atom is -0.455 e. The van der Waals surface area contributed by atoms with Crippen LogP contribution in [0.3, 0.4) is 0 Å². The molecule has 7 heteroatoms. The van der Waals surface area contributed by atoms with Crippen LogP contribution in [0.15, 0.2) is 54.7 Å². The monoisotopic (exact) mass is 404 g/mol. The van der Waals surface area contributed by atoms with Crippen molar-refractivity contribution < 1.29 is 4.74 Å². The van der Waals surface area contributed by atoms with E-state index in [-0.39, 0.29) is 6.17 Å². The number of aryl methyl sites for hydroxylation is 2. The summed E-state index contributed by atoms with van der Waals surface area (Å²) >= 11 is 0. The van der Waals surface area contributed by atoms with Crippen LogP contribution in [0.5, 0.6) is 11.5 Å². The van der Waals surface area contributed by atoms with Crippen molar-refractivity contribution in [1.82, 2.24) is 20.2 Å². The molecule has 0 amide bonds. The van der Waals surface area contributed by atoms with Gasteiger partial charge in [0, 0.05) is 49.8 Å². The van der Waals surface area contributed by atoms with Crippen molar-refractivity contribution in [2.75, 3.05) is 25.0 Å². The molecule has 0 spiro atoms. The summed E-state index contributed by atoms with van der Waals surface area (Å²) in [6, 6.07) is 16.0. The zero-order chi connectivity index (χ0) is 20.9. The van der Waals surface area contributed by atoms with Crippen molar-refractivity contribution in [3.63, 3.8) is 0 Å². The minimum atomic E-state index is 0.0468. The maximum absolute atomic E-state index is 6.21. The Morgan fingerprint density at radius 2 is 2.10 bits per heavy atom. The van der Waals surface area contributed by atoms with E-state index in [2.05, 4.69) is 37.6 Å². The van der Waals surface area contributed by atoms with Crippen LogP contribution in [0.4, 0.5) is 11.5 Å². The highest BCUT2D eigenvalue weighted by molar-refractivity contribution is 5.58. The first kappa shape index (κ1) is 20.3. The second kappa shape index (κ2) is 9.21. The van der Waals surface area contributed by atoms with Gasteiger partial charge >= 0.3 is 0 Å². The zero-order valence-corrected chi connectivity index (χ0v) is 17.4. The molecule has 3 aromatic rings. The first-order chi connectivity index (χ1) is 14.6. The van der Waals surface area contributed by atoms with Crippen molar-refractivity contribution in [2.24, 2.45) is 5.73 Å². The number of nitrogens with zero attached hydrogens (tertiary/aromatic N) is 3. The standard InChI is InChI=1S/C23H28N6O/c1-16-6-7-21(17(2)27-16)30-20-8-9-26-23(13-20)28-19-5-3-4-18(12-19)15-29-11-10-25-14-22(29)24/h3-9,12-13,22,25H,10-11,14-15,24H2,1-2H3,(H,26,28). The van der Waals surface area contributed by atoms with Gasteiger partial charge in [-0.3, -0.25) is 9.88 Å². The fourth-order valence-electron chi connectivity index (χ4n) is 3.55. The van der Waals surface area contributed by atoms with Crippen LogP contribution in [-0.4, -0.2) is 40.7 Å². The summed E-state index contributed by atoms with van der Waals surface area (Å²) < 4.78 is 6.01. The van der Waals surface area contributed by atoms with Crippen molar-refractivity contribution >= 4 is 11.5 Å². The first-order valence-electron chi connectivity index (χ1n) is 10.2. The number of rotatable bonds is 6. The molecule has 1 fully saturated rings. The van der Waals surface area contributed by atoms with Gasteiger partial charge in [-0.05, 0) is 49.7 Å². The highest BCUT2D eigenvalue weighted by atomic mass is 16.5. The third-order valence-electron chi connectivity index (χ3n) is 5.12. The quantitative estimate of drug-likeness (QED) is 0.581. The van der Waals surface area contributed by atoms with E-state index in [0.29, 0.717) is 5.75 Å². The summed E-state index contributed by atoms with van der Waals surface area (Å²) in [6.07, 6.45) is 1.78. The Morgan fingerprint density at radius 1 is 1.20 bits per heavy atom. The summed E-state index contributed by atoms with van der Waals surface area (Å²) in [4.78, 5) is 11.2. The van der Waals surface area contributed by atoms with Crippen LogP contribution in [0.1, 0.15) is 17.0 Å². The summed E-state index contributed by atoms with van der Waals surface area (Å²) in [6.45, 7) is 7.48. The minimum absolute atomic E-state index is 0.0468. The predicted molar refractivity (Wildman–Crippen MR) is 119 cm³/mol. The van der Waals surface area contributed by atoms with Gasteiger partial charge in [0.2, 0.25) is 0 Å². The normalized spacial score (nSPS) is 17.0. The van der Waals surface area contributed by atoms with Gasteiger partial charge in [0.1, 0.15) is 17.3 Å². The lowest BCUT2D eigenvalue weighted by atomic mass is 10.1. The lowest BCUT2D eigenvalue weighted by Crippen LogP contribution is -2.55. The van der Waals surface area contributed by atoms with Gasteiger partial charge in [-0.15, -0.1) is 0 Å². The molecule has 4 N–H and O–H groups in total. The van der Waals surface area contributed by atoms with Crippen LogP contribution in [-0.2, 0) is 6.54 Å². The summed E-state index contributed by atoms with van der Waals surface area (Å²) in [5.74, 6) is 2.18. The highest BCUT2D eigenvalue weighted by Crippen LogP contribution is 2.26. The average Bonchev–Trinajstić information content (AvgIpc) is 2.72.